The van der Waals surface area contributed by atoms with E-state index in [0.29, 0.717) is 25.1 Å². The van der Waals surface area contributed by atoms with Gasteiger partial charge in [-0.15, -0.1) is 0 Å². The van der Waals surface area contributed by atoms with Crippen LogP contribution in [0.2, 0.25) is 0 Å². The lowest BCUT2D eigenvalue weighted by Gasteiger charge is -2.38. The van der Waals surface area contributed by atoms with Gasteiger partial charge < -0.3 is 15.3 Å². The van der Waals surface area contributed by atoms with Crippen molar-refractivity contribution in [2.45, 2.75) is 37.8 Å². The molecule has 1 atom stereocenters. The minimum atomic E-state index is -1.48. The summed E-state index contributed by atoms with van der Waals surface area (Å²) in [6.45, 7) is 1.48. The molecule has 1 saturated heterocycles. The van der Waals surface area contributed by atoms with Gasteiger partial charge in [0.1, 0.15) is 11.6 Å². The molecule has 1 fully saturated rings. The van der Waals surface area contributed by atoms with Crippen molar-refractivity contribution >= 4 is 5.91 Å². The summed E-state index contributed by atoms with van der Waals surface area (Å²) >= 11 is 0. The van der Waals surface area contributed by atoms with Crippen molar-refractivity contribution in [1.29, 1.82) is 0 Å². The highest BCUT2D eigenvalue weighted by molar-refractivity contribution is 5.86. The van der Waals surface area contributed by atoms with E-state index in [0.717, 1.165) is 25.3 Å². The minimum Gasteiger partial charge on any atom is -0.379 e. The molecule has 2 aromatic carbocycles. The van der Waals surface area contributed by atoms with E-state index in [2.05, 4.69) is 17.4 Å². The first-order valence-electron chi connectivity index (χ1n) is 9.68. The molecule has 1 aliphatic rings. The number of likely N-dealkylation sites (tertiary alicyclic amines) is 1. The zero-order valence-electron chi connectivity index (χ0n) is 15.8. The Morgan fingerprint density at radius 2 is 1.79 bits per heavy atom. The number of halogens is 2. The Kier molecular flexibility index (Phi) is 6.75. The van der Waals surface area contributed by atoms with Gasteiger partial charge in [0.05, 0.1) is 0 Å². The number of amides is 1. The second-order valence-electron chi connectivity index (χ2n) is 7.40. The van der Waals surface area contributed by atoms with E-state index in [-0.39, 0.29) is 19.0 Å². The molecule has 0 aromatic heterocycles. The molecule has 1 heterocycles. The van der Waals surface area contributed by atoms with Crippen LogP contribution in [-0.2, 0) is 17.8 Å². The van der Waals surface area contributed by atoms with Gasteiger partial charge in [0, 0.05) is 32.2 Å². The smallest absolute Gasteiger partial charge is 0.255 e. The van der Waals surface area contributed by atoms with Crippen LogP contribution in [0.25, 0.3) is 0 Å². The Morgan fingerprint density at radius 3 is 2.50 bits per heavy atom. The highest BCUT2D eigenvalue weighted by Crippen LogP contribution is 2.23. The summed E-state index contributed by atoms with van der Waals surface area (Å²) in [6, 6.07) is 13.4. The molecule has 0 aliphatic carbocycles. The molecule has 28 heavy (non-hydrogen) atoms. The average molecular weight is 388 g/mol. The van der Waals surface area contributed by atoms with E-state index in [9.17, 15) is 18.7 Å². The Hall–Kier alpha value is -2.31. The molecule has 3 rings (SSSR count). The third-order valence-corrected chi connectivity index (χ3v) is 5.11. The molecule has 1 unspecified atom stereocenters. The maximum atomic E-state index is 13.3. The van der Waals surface area contributed by atoms with Gasteiger partial charge in [-0.2, -0.15) is 0 Å². The number of nitrogens with one attached hydrogen (secondary N) is 1. The maximum Gasteiger partial charge on any atom is 0.255 e. The number of piperidine rings is 1. The molecular weight excluding hydrogens is 362 g/mol. The van der Waals surface area contributed by atoms with Crippen LogP contribution in [0.15, 0.2) is 48.5 Å². The number of hydrogen-bond donors (Lipinski definition) is 2. The van der Waals surface area contributed by atoms with Gasteiger partial charge in [-0.1, -0.05) is 30.3 Å². The molecule has 0 spiro atoms. The number of carbonyl (C=O) groups is 1. The highest BCUT2D eigenvalue weighted by Gasteiger charge is 2.41. The molecule has 2 N–H and O–H groups in total. The number of hydrogen-bond acceptors (Lipinski definition) is 3. The first kappa shape index (κ1) is 20.4. The summed E-state index contributed by atoms with van der Waals surface area (Å²) in [4.78, 5) is 14.5. The van der Waals surface area contributed by atoms with Crippen LogP contribution in [0, 0.1) is 11.6 Å². The Bertz CT molecular complexity index is 780. The van der Waals surface area contributed by atoms with Gasteiger partial charge in [-0.25, -0.2) is 8.78 Å². The number of rotatable bonds is 8. The lowest BCUT2D eigenvalue weighted by Crippen LogP contribution is -2.58. The monoisotopic (exact) mass is 388 g/mol. The largest absolute Gasteiger partial charge is 0.379 e. The van der Waals surface area contributed by atoms with E-state index < -0.39 is 17.2 Å². The number of aryl methyl sites for hydroxylation is 1. The summed E-state index contributed by atoms with van der Waals surface area (Å²) in [5.74, 6) is -1.56. The molecule has 1 aliphatic heterocycles. The van der Waals surface area contributed by atoms with E-state index in [4.69, 9.17) is 0 Å². The van der Waals surface area contributed by atoms with Crippen LogP contribution in [0.1, 0.15) is 30.4 Å². The first-order valence-corrected chi connectivity index (χ1v) is 9.68. The fourth-order valence-corrected chi connectivity index (χ4v) is 3.69. The van der Waals surface area contributed by atoms with Gasteiger partial charge in [0.2, 0.25) is 0 Å². The molecule has 150 valence electrons. The quantitative estimate of drug-likeness (QED) is 0.731. The standard InChI is InChI=1S/C22H26F2N2O2/c23-19-12-18(13-20(24)14-19)15-25-16-22(28)9-5-11-26(21(22)27)10-4-8-17-6-2-1-3-7-17/h1-3,6-7,12-14,25,28H,4-5,8-11,15-16H2. The van der Waals surface area contributed by atoms with Gasteiger partial charge in [0.15, 0.2) is 5.60 Å². The second-order valence-corrected chi connectivity index (χ2v) is 7.40. The van der Waals surface area contributed by atoms with Gasteiger partial charge in [-0.3, -0.25) is 4.79 Å². The fraction of sp³-hybridized carbons (Fsp3) is 0.409. The Balaban J connectivity index is 1.50. The Morgan fingerprint density at radius 1 is 1.07 bits per heavy atom. The third kappa shape index (κ3) is 5.36. The van der Waals surface area contributed by atoms with Crippen LogP contribution >= 0.6 is 0 Å². The number of benzene rings is 2. The van der Waals surface area contributed by atoms with Crippen molar-refractivity contribution in [3.05, 3.63) is 71.3 Å². The van der Waals surface area contributed by atoms with Crippen LogP contribution in [0.3, 0.4) is 0 Å². The molecule has 6 heteroatoms. The Labute approximate surface area is 164 Å². The van der Waals surface area contributed by atoms with Crippen molar-refractivity contribution in [2.24, 2.45) is 0 Å². The van der Waals surface area contributed by atoms with Gasteiger partial charge >= 0.3 is 0 Å². The molecule has 0 radical (unpaired) electrons. The van der Waals surface area contributed by atoms with E-state index in [1.54, 1.807) is 4.90 Å². The molecule has 4 nitrogen and oxygen atoms in total. The highest BCUT2D eigenvalue weighted by atomic mass is 19.1. The predicted molar refractivity (Wildman–Crippen MR) is 104 cm³/mol. The topological polar surface area (TPSA) is 52.6 Å². The number of aliphatic hydroxyl groups is 1. The zero-order valence-corrected chi connectivity index (χ0v) is 15.8. The summed E-state index contributed by atoms with van der Waals surface area (Å²) in [5, 5.41) is 13.8. The maximum absolute atomic E-state index is 13.3. The summed E-state index contributed by atoms with van der Waals surface area (Å²) < 4.78 is 26.5. The van der Waals surface area contributed by atoms with Crippen molar-refractivity contribution < 1.29 is 18.7 Å². The van der Waals surface area contributed by atoms with E-state index in [1.165, 1.54) is 17.7 Å². The summed E-state index contributed by atoms with van der Waals surface area (Å²) in [6.07, 6.45) is 2.82. The fourth-order valence-electron chi connectivity index (χ4n) is 3.69. The van der Waals surface area contributed by atoms with Crippen molar-refractivity contribution in [1.82, 2.24) is 10.2 Å². The summed E-state index contributed by atoms with van der Waals surface area (Å²) in [5.41, 5.74) is 0.187. The van der Waals surface area contributed by atoms with Crippen LogP contribution in [0.5, 0.6) is 0 Å². The zero-order chi connectivity index (χ0) is 20.0. The predicted octanol–water partition coefficient (Wildman–Crippen LogP) is 3.04. The molecule has 0 saturated carbocycles. The normalized spacial score (nSPS) is 19.8. The number of nitrogens with zero attached hydrogens (tertiary/aromatic N) is 1. The first-order chi connectivity index (χ1) is 13.5. The van der Waals surface area contributed by atoms with Gasteiger partial charge in [0.25, 0.3) is 5.91 Å². The van der Waals surface area contributed by atoms with Crippen LogP contribution in [-0.4, -0.2) is 41.1 Å². The van der Waals surface area contributed by atoms with Crippen LogP contribution < -0.4 is 5.32 Å². The SMILES string of the molecule is O=C1N(CCCc2ccccc2)CCCC1(O)CNCc1cc(F)cc(F)c1. The average Bonchev–Trinajstić information content (AvgIpc) is 2.65. The second kappa shape index (κ2) is 9.26. The lowest BCUT2D eigenvalue weighted by atomic mass is 9.91. The third-order valence-electron chi connectivity index (χ3n) is 5.11. The summed E-state index contributed by atoms with van der Waals surface area (Å²) in [7, 11) is 0. The van der Waals surface area contributed by atoms with Gasteiger partial charge in [-0.05, 0) is 48.9 Å². The van der Waals surface area contributed by atoms with E-state index in [1.807, 2.05) is 18.2 Å². The lowest BCUT2D eigenvalue weighted by molar-refractivity contribution is -0.156. The minimum absolute atomic E-state index is 0.0547. The van der Waals surface area contributed by atoms with Crippen molar-refractivity contribution in [3.8, 4) is 0 Å². The van der Waals surface area contributed by atoms with Crippen molar-refractivity contribution in [2.75, 3.05) is 19.6 Å². The molecule has 2 aromatic rings. The van der Waals surface area contributed by atoms with E-state index >= 15 is 0 Å². The number of carbonyl (C=O) groups excluding carboxylic acids is 1. The van der Waals surface area contributed by atoms with Crippen molar-refractivity contribution in [3.63, 3.8) is 0 Å². The van der Waals surface area contributed by atoms with Crippen LogP contribution in [0.4, 0.5) is 8.78 Å². The molecule has 1 amide bonds. The molecular formula is C22H26F2N2O2. The molecule has 0 bridgehead atoms.